The molecular weight excluding hydrogens is 477 g/mol. The number of halogens is 3. The SMILES string of the molecule is CC(=O)Cc1cccc(-c2nnc(-c3ccc(C(F)(F)F)cc3)c3c2CCCCCC3)c1.CCCOC. The summed E-state index contributed by atoms with van der Waals surface area (Å²) in [6, 6.07) is 13.0. The molecule has 0 spiro atoms. The molecule has 1 heterocycles. The van der Waals surface area contributed by atoms with E-state index in [0.717, 1.165) is 91.6 Å². The van der Waals surface area contributed by atoms with Crippen molar-refractivity contribution in [3.8, 4) is 22.5 Å². The summed E-state index contributed by atoms with van der Waals surface area (Å²) in [7, 11) is 1.71. The van der Waals surface area contributed by atoms with Crippen LogP contribution in [0, 0.1) is 0 Å². The second-order valence-corrected chi connectivity index (χ2v) is 9.42. The van der Waals surface area contributed by atoms with E-state index in [1.54, 1.807) is 14.0 Å². The summed E-state index contributed by atoms with van der Waals surface area (Å²) in [4.78, 5) is 11.6. The highest BCUT2D eigenvalue weighted by molar-refractivity contribution is 5.79. The number of fused-ring (bicyclic) bond motifs is 1. The van der Waals surface area contributed by atoms with Gasteiger partial charge in [-0.05, 0) is 73.9 Å². The number of nitrogens with zero attached hydrogens (tertiary/aromatic N) is 2. The van der Waals surface area contributed by atoms with E-state index in [-0.39, 0.29) is 5.78 Å². The fourth-order valence-electron chi connectivity index (χ4n) is 4.60. The number of methoxy groups -OCH3 is 1. The van der Waals surface area contributed by atoms with Gasteiger partial charge in [0.05, 0.1) is 17.0 Å². The molecule has 0 aliphatic heterocycles. The lowest BCUT2D eigenvalue weighted by Gasteiger charge is -2.20. The van der Waals surface area contributed by atoms with Gasteiger partial charge < -0.3 is 4.74 Å². The van der Waals surface area contributed by atoms with Gasteiger partial charge in [0.1, 0.15) is 5.78 Å². The van der Waals surface area contributed by atoms with E-state index in [2.05, 4.69) is 17.1 Å². The lowest BCUT2D eigenvalue weighted by molar-refractivity contribution is -0.137. The number of ketones is 1. The molecule has 1 aliphatic carbocycles. The number of benzene rings is 2. The molecule has 0 amide bonds. The van der Waals surface area contributed by atoms with Gasteiger partial charge in [-0.15, -0.1) is 10.2 Å². The highest BCUT2D eigenvalue weighted by Gasteiger charge is 2.30. The Kier molecular flexibility index (Phi) is 10.4. The van der Waals surface area contributed by atoms with Gasteiger partial charge in [-0.1, -0.05) is 50.1 Å². The number of hydrogen-bond donors (Lipinski definition) is 0. The highest BCUT2D eigenvalue weighted by Crippen LogP contribution is 2.36. The molecule has 4 nitrogen and oxygen atoms in total. The predicted octanol–water partition coefficient (Wildman–Crippen LogP) is 7.66. The maximum absolute atomic E-state index is 13.0. The normalized spacial score (nSPS) is 13.6. The van der Waals surface area contributed by atoms with Crippen molar-refractivity contribution in [2.75, 3.05) is 13.7 Å². The number of rotatable bonds is 6. The lowest BCUT2D eigenvalue weighted by Crippen LogP contribution is -2.09. The first-order valence-electron chi connectivity index (χ1n) is 12.9. The second-order valence-electron chi connectivity index (χ2n) is 9.42. The third-order valence-electron chi connectivity index (χ3n) is 6.34. The molecule has 0 saturated heterocycles. The van der Waals surface area contributed by atoms with Gasteiger partial charge in [-0.25, -0.2) is 0 Å². The number of alkyl halides is 3. The molecule has 0 unspecified atom stereocenters. The Balaban J connectivity index is 0.000000695. The van der Waals surface area contributed by atoms with Crippen LogP contribution in [-0.2, 0) is 35.0 Å². The first-order chi connectivity index (χ1) is 17.7. The third-order valence-corrected chi connectivity index (χ3v) is 6.34. The summed E-state index contributed by atoms with van der Waals surface area (Å²) in [6.45, 7) is 4.55. The molecule has 1 aromatic heterocycles. The molecule has 0 fully saturated rings. The highest BCUT2D eigenvalue weighted by atomic mass is 19.4. The molecule has 4 rings (SSSR count). The monoisotopic (exact) mass is 512 g/mol. The number of aromatic nitrogens is 2. The summed E-state index contributed by atoms with van der Waals surface area (Å²) >= 11 is 0. The Morgan fingerprint density at radius 3 is 1.97 bits per heavy atom. The van der Waals surface area contributed by atoms with Crippen molar-refractivity contribution in [1.29, 1.82) is 0 Å². The third kappa shape index (κ3) is 7.96. The largest absolute Gasteiger partial charge is 0.416 e. The van der Waals surface area contributed by atoms with E-state index in [0.29, 0.717) is 17.7 Å². The minimum Gasteiger partial charge on any atom is -0.385 e. The number of carbonyl (C=O) groups excluding carboxylic acids is 1. The van der Waals surface area contributed by atoms with Crippen molar-refractivity contribution in [3.05, 3.63) is 70.8 Å². The quantitative estimate of drug-likeness (QED) is 0.340. The maximum atomic E-state index is 13.0. The topological polar surface area (TPSA) is 52.1 Å². The first-order valence-corrected chi connectivity index (χ1v) is 12.9. The van der Waals surface area contributed by atoms with Crippen LogP contribution in [0.2, 0.25) is 0 Å². The average Bonchev–Trinajstić information content (AvgIpc) is 2.84. The molecule has 0 bridgehead atoms. The molecule has 3 aromatic rings. The van der Waals surface area contributed by atoms with Crippen LogP contribution in [0.4, 0.5) is 13.2 Å². The van der Waals surface area contributed by atoms with Crippen molar-refractivity contribution in [2.45, 2.75) is 71.4 Å². The van der Waals surface area contributed by atoms with Gasteiger partial charge in [-0.2, -0.15) is 13.2 Å². The van der Waals surface area contributed by atoms with Gasteiger partial charge in [0, 0.05) is 31.3 Å². The number of ether oxygens (including phenoxy) is 1. The Bertz CT molecular complexity index is 1170. The number of hydrogen-bond acceptors (Lipinski definition) is 4. The van der Waals surface area contributed by atoms with E-state index in [4.69, 9.17) is 4.74 Å². The zero-order chi connectivity index (χ0) is 26.8. The summed E-state index contributed by atoms with van der Waals surface area (Å²) in [5.74, 6) is 0.0983. The minimum atomic E-state index is -4.37. The summed E-state index contributed by atoms with van der Waals surface area (Å²) in [5.41, 5.74) is 5.51. The van der Waals surface area contributed by atoms with Gasteiger partial charge in [0.25, 0.3) is 0 Å². The van der Waals surface area contributed by atoms with Gasteiger partial charge in [-0.3, -0.25) is 4.79 Å². The number of carbonyl (C=O) groups is 1. The minimum absolute atomic E-state index is 0.0983. The number of Topliss-reactive ketones (excluding diaryl/α,β-unsaturated/α-hetero) is 1. The van der Waals surface area contributed by atoms with E-state index in [1.165, 1.54) is 12.1 Å². The van der Waals surface area contributed by atoms with Crippen LogP contribution in [0.15, 0.2) is 48.5 Å². The van der Waals surface area contributed by atoms with Crippen molar-refractivity contribution >= 4 is 5.78 Å². The summed E-state index contributed by atoms with van der Waals surface area (Å²) in [6.07, 6.45) is 3.10. The Morgan fingerprint density at radius 1 is 0.892 bits per heavy atom. The van der Waals surface area contributed by atoms with E-state index < -0.39 is 11.7 Å². The zero-order valence-corrected chi connectivity index (χ0v) is 21.8. The Morgan fingerprint density at radius 2 is 1.49 bits per heavy atom. The van der Waals surface area contributed by atoms with Crippen LogP contribution in [0.3, 0.4) is 0 Å². The predicted molar refractivity (Wildman–Crippen MR) is 140 cm³/mol. The summed E-state index contributed by atoms with van der Waals surface area (Å²) in [5, 5.41) is 9.04. The van der Waals surface area contributed by atoms with Gasteiger partial charge in [0.15, 0.2) is 0 Å². The molecule has 1 aliphatic rings. The Labute approximate surface area is 217 Å². The molecule has 0 atom stereocenters. The fraction of sp³-hybridized carbons (Fsp3) is 0.433. The van der Waals surface area contributed by atoms with Crippen molar-refractivity contribution in [3.63, 3.8) is 0 Å². The van der Waals surface area contributed by atoms with Crippen molar-refractivity contribution in [2.24, 2.45) is 0 Å². The van der Waals surface area contributed by atoms with Crippen LogP contribution >= 0.6 is 0 Å². The second kappa shape index (κ2) is 13.5. The van der Waals surface area contributed by atoms with Crippen LogP contribution in [0.1, 0.15) is 68.2 Å². The van der Waals surface area contributed by atoms with Gasteiger partial charge in [0.2, 0.25) is 0 Å². The first kappa shape index (κ1) is 28.5. The van der Waals surface area contributed by atoms with Gasteiger partial charge >= 0.3 is 6.18 Å². The van der Waals surface area contributed by atoms with Crippen molar-refractivity contribution < 1.29 is 22.7 Å². The maximum Gasteiger partial charge on any atom is 0.416 e. The molecule has 198 valence electrons. The smallest absolute Gasteiger partial charge is 0.385 e. The molecule has 0 N–H and O–H groups in total. The van der Waals surface area contributed by atoms with Crippen LogP contribution in [0.25, 0.3) is 22.5 Å². The zero-order valence-electron chi connectivity index (χ0n) is 21.8. The van der Waals surface area contributed by atoms with E-state index >= 15 is 0 Å². The fourth-order valence-corrected chi connectivity index (χ4v) is 4.60. The molecular formula is C30H35F3N2O2. The lowest BCUT2D eigenvalue weighted by atomic mass is 9.88. The molecule has 0 saturated carbocycles. The van der Waals surface area contributed by atoms with E-state index in [1.807, 2.05) is 24.3 Å². The standard InChI is InChI=1S/C26H25F3N2O.C4H10O/c1-17(32)15-18-7-6-8-20(16-18)25-23-10-5-3-2-4-9-22(23)24(30-31-25)19-11-13-21(14-12-19)26(27,28)29;1-3-4-5-2/h6-8,11-14,16H,2-5,9-10,15H2,1H3;3-4H2,1-2H3. The summed E-state index contributed by atoms with van der Waals surface area (Å²) < 4.78 is 43.7. The van der Waals surface area contributed by atoms with Crippen LogP contribution in [0.5, 0.6) is 0 Å². The molecule has 2 aromatic carbocycles. The van der Waals surface area contributed by atoms with Crippen LogP contribution < -0.4 is 0 Å². The van der Waals surface area contributed by atoms with Crippen LogP contribution in [-0.4, -0.2) is 29.7 Å². The molecule has 7 heteroatoms. The van der Waals surface area contributed by atoms with Crippen molar-refractivity contribution in [1.82, 2.24) is 10.2 Å². The van der Waals surface area contributed by atoms with E-state index in [9.17, 15) is 18.0 Å². The average molecular weight is 513 g/mol. The molecule has 37 heavy (non-hydrogen) atoms. The Hall–Kier alpha value is -3.06. The molecule has 0 radical (unpaired) electrons.